The summed E-state index contributed by atoms with van der Waals surface area (Å²) in [5.41, 5.74) is 0.304. The van der Waals surface area contributed by atoms with Gasteiger partial charge in [-0.05, 0) is 25.1 Å². The van der Waals surface area contributed by atoms with Crippen LogP contribution in [0, 0.1) is 11.6 Å². The van der Waals surface area contributed by atoms with Crippen molar-refractivity contribution in [3.05, 3.63) is 59.7 Å². The van der Waals surface area contributed by atoms with Gasteiger partial charge in [-0.15, -0.1) is 0 Å². The van der Waals surface area contributed by atoms with Gasteiger partial charge < -0.3 is 20.1 Å². The number of nitrogens with one attached hydrogen (secondary N) is 2. The third kappa shape index (κ3) is 5.70. The van der Waals surface area contributed by atoms with Gasteiger partial charge in [-0.25, -0.2) is 8.78 Å². The van der Waals surface area contributed by atoms with E-state index in [0.29, 0.717) is 23.6 Å². The lowest BCUT2D eigenvalue weighted by molar-refractivity contribution is -0.120. The van der Waals surface area contributed by atoms with E-state index in [0.717, 1.165) is 6.07 Å². The summed E-state index contributed by atoms with van der Waals surface area (Å²) in [4.78, 5) is 11.8. The second-order valence-corrected chi connectivity index (χ2v) is 5.62. The first kappa shape index (κ1) is 19.7. The summed E-state index contributed by atoms with van der Waals surface area (Å²) >= 11 is 0. The molecule has 1 amide bonds. The van der Waals surface area contributed by atoms with Crippen molar-refractivity contribution in [1.82, 2.24) is 10.6 Å². The largest absolute Gasteiger partial charge is 0.493 e. The van der Waals surface area contributed by atoms with E-state index in [-0.39, 0.29) is 19.1 Å². The molecule has 0 radical (unpaired) electrons. The number of carbonyl (C=O) groups excluding carboxylic acids is 1. The standard InChI is InChI=1S/C19H22F2N2O3/c1-13(15-8-7-14(20)11-16(15)21)23-12-19(24)22-9-10-26-18-6-4-3-5-17(18)25-2/h3-8,11,13,23H,9-10,12H2,1-2H3,(H,22,24)/t13-/m0/s1. The van der Waals surface area contributed by atoms with Crippen LogP contribution in [-0.4, -0.2) is 32.7 Å². The van der Waals surface area contributed by atoms with Gasteiger partial charge in [-0.2, -0.15) is 0 Å². The highest BCUT2D eigenvalue weighted by Crippen LogP contribution is 2.25. The minimum absolute atomic E-state index is 0.00659. The maximum Gasteiger partial charge on any atom is 0.234 e. The Morgan fingerprint density at radius 1 is 1.15 bits per heavy atom. The monoisotopic (exact) mass is 364 g/mol. The molecule has 0 aliphatic heterocycles. The second-order valence-electron chi connectivity index (χ2n) is 5.62. The number of hydrogen-bond acceptors (Lipinski definition) is 4. The molecule has 2 N–H and O–H groups in total. The molecule has 2 aromatic carbocycles. The topological polar surface area (TPSA) is 59.6 Å². The van der Waals surface area contributed by atoms with Gasteiger partial charge in [0.25, 0.3) is 0 Å². The predicted molar refractivity (Wildman–Crippen MR) is 94.3 cm³/mol. The first-order chi connectivity index (χ1) is 12.5. The van der Waals surface area contributed by atoms with Gasteiger partial charge >= 0.3 is 0 Å². The number of amides is 1. The van der Waals surface area contributed by atoms with Gasteiger partial charge in [0.05, 0.1) is 20.2 Å². The van der Waals surface area contributed by atoms with Gasteiger partial charge in [0.1, 0.15) is 18.2 Å². The number of benzene rings is 2. The maximum absolute atomic E-state index is 13.7. The molecule has 140 valence electrons. The quantitative estimate of drug-likeness (QED) is 0.672. The van der Waals surface area contributed by atoms with E-state index in [9.17, 15) is 13.6 Å². The lowest BCUT2D eigenvalue weighted by Gasteiger charge is -2.15. The Morgan fingerprint density at radius 3 is 2.58 bits per heavy atom. The SMILES string of the molecule is COc1ccccc1OCCNC(=O)CN[C@@H](C)c1ccc(F)cc1F. The Bertz CT molecular complexity index is 740. The zero-order valence-electron chi connectivity index (χ0n) is 14.7. The molecule has 0 heterocycles. The summed E-state index contributed by atoms with van der Waals surface area (Å²) in [7, 11) is 1.56. The van der Waals surface area contributed by atoms with Gasteiger partial charge in [-0.3, -0.25) is 4.79 Å². The number of para-hydroxylation sites is 2. The number of carbonyl (C=O) groups is 1. The first-order valence-corrected chi connectivity index (χ1v) is 8.22. The number of hydrogen-bond donors (Lipinski definition) is 2. The van der Waals surface area contributed by atoms with Crippen molar-refractivity contribution in [2.75, 3.05) is 26.8 Å². The third-order valence-corrected chi connectivity index (χ3v) is 3.75. The minimum atomic E-state index is -0.643. The average Bonchev–Trinajstić information content (AvgIpc) is 2.63. The summed E-state index contributed by atoms with van der Waals surface area (Å²) in [6.45, 7) is 2.31. The van der Waals surface area contributed by atoms with E-state index in [4.69, 9.17) is 9.47 Å². The van der Waals surface area contributed by atoms with Crippen LogP contribution in [0.1, 0.15) is 18.5 Å². The molecule has 0 saturated heterocycles. The van der Waals surface area contributed by atoms with E-state index >= 15 is 0 Å². The summed E-state index contributed by atoms with van der Waals surface area (Å²) < 4.78 is 37.3. The summed E-state index contributed by atoms with van der Waals surface area (Å²) in [5, 5.41) is 5.60. The molecule has 7 heteroatoms. The van der Waals surface area contributed by atoms with Gasteiger partial charge in [-0.1, -0.05) is 18.2 Å². The number of methoxy groups -OCH3 is 1. The van der Waals surface area contributed by atoms with Crippen LogP contribution in [0.3, 0.4) is 0 Å². The number of ether oxygens (including phenoxy) is 2. The summed E-state index contributed by atoms with van der Waals surface area (Å²) in [6, 6.07) is 10.2. The first-order valence-electron chi connectivity index (χ1n) is 8.22. The van der Waals surface area contributed by atoms with Crippen molar-refractivity contribution >= 4 is 5.91 Å². The minimum Gasteiger partial charge on any atom is -0.493 e. The molecule has 0 aromatic heterocycles. The molecule has 2 rings (SSSR count). The van der Waals surface area contributed by atoms with Crippen molar-refractivity contribution in [2.45, 2.75) is 13.0 Å². The molecular formula is C19H22F2N2O3. The zero-order valence-corrected chi connectivity index (χ0v) is 14.7. The Hall–Kier alpha value is -2.67. The Balaban J connectivity index is 1.70. The zero-order chi connectivity index (χ0) is 18.9. The second kappa shape index (κ2) is 9.72. The molecule has 0 fully saturated rings. The highest BCUT2D eigenvalue weighted by atomic mass is 19.1. The number of halogens is 2. The van der Waals surface area contributed by atoms with Crippen LogP contribution in [0.4, 0.5) is 8.78 Å². The average molecular weight is 364 g/mol. The van der Waals surface area contributed by atoms with Crippen LogP contribution in [0.15, 0.2) is 42.5 Å². The highest BCUT2D eigenvalue weighted by Gasteiger charge is 2.12. The van der Waals surface area contributed by atoms with Crippen LogP contribution < -0.4 is 20.1 Å². The van der Waals surface area contributed by atoms with Gasteiger partial charge in [0, 0.05) is 17.7 Å². The molecular weight excluding hydrogens is 342 g/mol. The summed E-state index contributed by atoms with van der Waals surface area (Å²) in [6.07, 6.45) is 0. The molecule has 0 aliphatic carbocycles. The molecule has 1 atom stereocenters. The molecule has 26 heavy (non-hydrogen) atoms. The Morgan fingerprint density at radius 2 is 1.88 bits per heavy atom. The van der Waals surface area contributed by atoms with Crippen LogP contribution >= 0.6 is 0 Å². The molecule has 5 nitrogen and oxygen atoms in total. The van der Waals surface area contributed by atoms with E-state index in [1.165, 1.54) is 12.1 Å². The van der Waals surface area contributed by atoms with E-state index in [1.54, 1.807) is 26.2 Å². The van der Waals surface area contributed by atoms with Crippen LogP contribution in [0.2, 0.25) is 0 Å². The molecule has 0 aliphatic rings. The lowest BCUT2D eigenvalue weighted by Crippen LogP contribution is -2.37. The van der Waals surface area contributed by atoms with Crippen LogP contribution in [0.25, 0.3) is 0 Å². The fourth-order valence-corrected chi connectivity index (χ4v) is 2.36. The Labute approximate surface area is 151 Å². The number of rotatable bonds is 9. The van der Waals surface area contributed by atoms with Crippen molar-refractivity contribution in [3.8, 4) is 11.5 Å². The molecule has 0 saturated carbocycles. The molecule has 2 aromatic rings. The third-order valence-electron chi connectivity index (χ3n) is 3.75. The van der Waals surface area contributed by atoms with Gasteiger partial charge in [0.15, 0.2) is 11.5 Å². The van der Waals surface area contributed by atoms with Crippen molar-refractivity contribution in [1.29, 1.82) is 0 Å². The van der Waals surface area contributed by atoms with Crippen molar-refractivity contribution in [3.63, 3.8) is 0 Å². The fourth-order valence-electron chi connectivity index (χ4n) is 2.36. The van der Waals surface area contributed by atoms with Crippen LogP contribution in [0.5, 0.6) is 11.5 Å². The summed E-state index contributed by atoms with van der Waals surface area (Å²) in [5.74, 6) is -0.303. The molecule has 0 spiro atoms. The highest BCUT2D eigenvalue weighted by molar-refractivity contribution is 5.78. The van der Waals surface area contributed by atoms with E-state index in [2.05, 4.69) is 10.6 Å². The maximum atomic E-state index is 13.7. The van der Waals surface area contributed by atoms with E-state index < -0.39 is 17.7 Å². The van der Waals surface area contributed by atoms with Crippen molar-refractivity contribution < 1.29 is 23.0 Å². The van der Waals surface area contributed by atoms with Crippen LogP contribution in [-0.2, 0) is 4.79 Å². The predicted octanol–water partition coefficient (Wildman–Crippen LogP) is 2.82. The van der Waals surface area contributed by atoms with Crippen molar-refractivity contribution in [2.24, 2.45) is 0 Å². The Kier molecular flexibility index (Phi) is 7.35. The lowest BCUT2D eigenvalue weighted by atomic mass is 10.1. The van der Waals surface area contributed by atoms with E-state index in [1.807, 2.05) is 12.1 Å². The van der Waals surface area contributed by atoms with Gasteiger partial charge in [0.2, 0.25) is 5.91 Å². The smallest absolute Gasteiger partial charge is 0.234 e. The normalized spacial score (nSPS) is 11.7. The fraction of sp³-hybridized carbons (Fsp3) is 0.316. The molecule has 0 unspecified atom stereocenters. The molecule has 0 bridgehead atoms.